The SMILES string of the molecule is CCCCOc1ccc(C2C(C#N)=C(N)Oc3cc(OC(=O)C4COc5ccccc5O4)ccc32)cc1OCC. The van der Waals surface area contributed by atoms with Crippen LogP contribution in [0.25, 0.3) is 0 Å². The lowest BCUT2D eigenvalue weighted by Crippen LogP contribution is -2.39. The Balaban J connectivity index is 1.40. The molecule has 0 aromatic heterocycles. The van der Waals surface area contributed by atoms with Crippen LogP contribution in [0.2, 0.25) is 0 Å². The lowest BCUT2D eigenvalue weighted by atomic mass is 9.83. The van der Waals surface area contributed by atoms with Crippen LogP contribution in [-0.4, -0.2) is 31.9 Å². The van der Waals surface area contributed by atoms with E-state index in [9.17, 15) is 10.1 Å². The van der Waals surface area contributed by atoms with Crippen molar-refractivity contribution in [1.82, 2.24) is 0 Å². The van der Waals surface area contributed by atoms with Crippen LogP contribution in [0, 0.1) is 11.3 Å². The molecule has 3 aromatic rings. The number of unbranched alkanes of at least 4 members (excludes halogenated alkanes) is 1. The Labute approximate surface area is 232 Å². The van der Waals surface area contributed by atoms with Gasteiger partial charge in [0.05, 0.1) is 19.1 Å². The molecule has 40 heavy (non-hydrogen) atoms. The predicted molar refractivity (Wildman–Crippen MR) is 146 cm³/mol. The average Bonchev–Trinajstić information content (AvgIpc) is 2.97. The number of nitrogens with two attached hydrogens (primary N) is 1. The van der Waals surface area contributed by atoms with E-state index in [0.29, 0.717) is 47.5 Å². The van der Waals surface area contributed by atoms with E-state index in [4.69, 9.17) is 34.2 Å². The van der Waals surface area contributed by atoms with Crippen molar-refractivity contribution in [2.24, 2.45) is 5.73 Å². The van der Waals surface area contributed by atoms with Crippen LogP contribution >= 0.6 is 0 Å². The molecule has 0 fully saturated rings. The molecule has 2 heterocycles. The molecule has 5 rings (SSSR count). The normalized spacial score (nSPS) is 17.2. The maximum atomic E-state index is 12.8. The molecule has 9 heteroatoms. The summed E-state index contributed by atoms with van der Waals surface area (Å²) in [6.07, 6.45) is 1.02. The Morgan fingerprint density at radius 2 is 1.85 bits per heavy atom. The summed E-state index contributed by atoms with van der Waals surface area (Å²) in [6.45, 7) is 5.07. The molecule has 0 spiro atoms. The number of ether oxygens (including phenoxy) is 6. The standard InChI is InChI=1S/C31H30N2O7/c1-3-5-14-36-24-13-10-19(15-27(24)35-4-2)29-21-12-11-20(16-26(21)40-30(33)22(29)17-32)38-31(34)28-18-37-23-8-6-7-9-25(23)39-28/h6-13,15-16,28-29H,3-5,14,18,33H2,1-2H3. The smallest absolute Gasteiger partial charge is 0.356 e. The number of benzene rings is 3. The number of hydrogen-bond acceptors (Lipinski definition) is 9. The van der Waals surface area contributed by atoms with E-state index in [2.05, 4.69) is 13.0 Å². The van der Waals surface area contributed by atoms with Gasteiger partial charge in [0.15, 0.2) is 23.0 Å². The van der Waals surface area contributed by atoms with Gasteiger partial charge in [-0.25, -0.2) is 4.79 Å². The maximum absolute atomic E-state index is 12.8. The molecular formula is C31H30N2O7. The van der Waals surface area contributed by atoms with Gasteiger partial charge in [-0.05, 0) is 49.2 Å². The van der Waals surface area contributed by atoms with E-state index < -0.39 is 18.0 Å². The molecule has 0 aliphatic carbocycles. The summed E-state index contributed by atoms with van der Waals surface area (Å²) in [7, 11) is 0. The zero-order chi connectivity index (χ0) is 28.1. The van der Waals surface area contributed by atoms with Gasteiger partial charge in [0, 0.05) is 11.6 Å². The Hall–Kier alpha value is -4.84. The minimum Gasteiger partial charge on any atom is -0.490 e. The Morgan fingerprint density at radius 1 is 1.02 bits per heavy atom. The van der Waals surface area contributed by atoms with Crippen LogP contribution in [0.4, 0.5) is 0 Å². The van der Waals surface area contributed by atoms with Crippen LogP contribution in [0.3, 0.4) is 0 Å². The molecule has 2 aliphatic rings. The highest BCUT2D eigenvalue weighted by Gasteiger charge is 2.33. The Morgan fingerprint density at radius 3 is 2.62 bits per heavy atom. The number of carbonyl (C=O) groups excluding carboxylic acids is 1. The number of rotatable bonds is 9. The zero-order valence-electron chi connectivity index (χ0n) is 22.3. The molecule has 206 valence electrons. The summed E-state index contributed by atoms with van der Waals surface area (Å²) in [4.78, 5) is 12.8. The molecule has 2 unspecified atom stereocenters. The molecule has 2 atom stereocenters. The summed E-state index contributed by atoms with van der Waals surface area (Å²) >= 11 is 0. The summed E-state index contributed by atoms with van der Waals surface area (Å²) < 4.78 is 34.6. The van der Waals surface area contributed by atoms with Crippen LogP contribution in [-0.2, 0) is 4.79 Å². The second-order valence-electron chi connectivity index (χ2n) is 9.25. The number of esters is 1. The molecule has 3 aromatic carbocycles. The van der Waals surface area contributed by atoms with Gasteiger partial charge in [-0.15, -0.1) is 0 Å². The van der Waals surface area contributed by atoms with Crippen LogP contribution < -0.4 is 34.2 Å². The first-order valence-electron chi connectivity index (χ1n) is 13.2. The van der Waals surface area contributed by atoms with Gasteiger partial charge in [-0.3, -0.25) is 0 Å². The predicted octanol–water partition coefficient (Wildman–Crippen LogP) is 5.23. The fourth-order valence-electron chi connectivity index (χ4n) is 4.58. The third-order valence-electron chi connectivity index (χ3n) is 6.54. The molecule has 0 radical (unpaired) electrons. The largest absolute Gasteiger partial charge is 0.490 e. The number of para-hydroxylation sites is 2. The highest BCUT2D eigenvalue weighted by molar-refractivity contribution is 5.78. The highest BCUT2D eigenvalue weighted by atomic mass is 16.6. The van der Waals surface area contributed by atoms with E-state index >= 15 is 0 Å². The van der Waals surface area contributed by atoms with Crippen molar-refractivity contribution < 1.29 is 33.2 Å². The van der Waals surface area contributed by atoms with Gasteiger partial charge in [-0.1, -0.05) is 37.6 Å². The van der Waals surface area contributed by atoms with Crippen molar-refractivity contribution in [2.45, 2.75) is 38.7 Å². The van der Waals surface area contributed by atoms with E-state index in [-0.39, 0.29) is 23.8 Å². The average molecular weight is 543 g/mol. The number of carbonyl (C=O) groups is 1. The quantitative estimate of drug-likeness (QED) is 0.220. The van der Waals surface area contributed by atoms with E-state index in [1.54, 1.807) is 36.4 Å². The third kappa shape index (κ3) is 5.47. The molecular weight excluding hydrogens is 512 g/mol. The minimum atomic E-state index is -0.926. The summed E-state index contributed by atoms with van der Waals surface area (Å²) in [5.41, 5.74) is 7.93. The first kappa shape index (κ1) is 26.8. The van der Waals surface area contributed by atoms with Gasteiger partial charge in [-0.2, -0.15) is 5.26 Å². The molecule has 0 bridgehead atoms. The molecule has 9 nitrogen and oxygen atoms in total. The van der Waals surface area contributed by atoms with Crippen molar-refractivity contribution >= 4 is 5.97 Å². The first-order valence-corrected chi connectivity index (χ1v) is 13.2. The monoisotopic (exact) mass is 542 g/mol. The first-order chi connectivity index (χ1) is 19.5. The third-order valence-corrected chi connectivity index (χ3v) is 6.54. The van der Waals surface area contributed by atoms with Gasteiger partial charge >= 0.3 is 5.97 Å². The summed E-state index contributed by atoms with van der Waals surface area (Å²) in [5.74, 6) is 1.74. The number of hydrogen-bond donors (Lipinski definition) is 1. The highest BCUT2D eigenvalue weighted by Crippen LogP contribution is 2.45. The van der Waals surface area contributed by atoms with Crippen molar-refractivity contribution in [3.8, 4) is 40.6 Å². The molecule has 0 saturated carbocycles. The fourth-order valence-corrected chi connectivity index (χ4v) is 4.58. The fraction of sp³-hybridized carbons (Fsp3) is 0.290. The minimum absolute atomic E-state index is 0.0228. The lowest BCUT2D eigenvalue weighted by Gasteiger charge is -2.28. The molecule has 2 N–H and O–H groups in total. The van der Waals surface area contributed by atoms with E-state index in [1.807, 2.05) is 31.2 Å². The Kier molecular flexibility index (Phi) is 7.97. The summed E-state index contributed by atoms with van der Waals surface area (Å²) in [6, 6.07) is 19.9. The van der Waals surface area contributed by atoms with Crippen LogP contribution in [0.1, 0.15) is 43.7 Å². The summed E-state index contributed by atoms with van der Waals surface area (Å²) in [5, 5.41) is 9.96. The van der Waals surface area contributed by atoms with E-state index in [0.717, 1.165) is 18.4 Å². The van der Waals surface area contributed by atoms with E-state index in [1.165, 1.54) is 0 Å². The van der Waals surface area contributed by atoms with Crippen LogP contribution in [0.15, 0.2) is 72.1 Å². The number of nitriles is 1. The Bertz CT molecular complexity index is 1480. The lowest BCUT2D eigenvalue weighted by molar-refractivity contribution is -0.144. The number of fused-ring (bicyclic) bond motifs is 2. The second kappa shape index (κ2) is 11.9. The van der Waals surface area contributed by atoms with Crippen molar-refractivity contribution in [1.29, 1.82) is 5.26 Å². The molecule has 2 aliphatic heterocycles. The van der Waals surface area contributed by atoms with Gasteiger partial charge < -0.3 is 34.2 Å². The van der Waals surface area contributed by atoms with Crippen molar-refractivity contribution in [3.63, 3.8) is 0 Å². The number of allylic oxidation sites excluding steroid dienone is 1. The second-order valence-corrected chi connectivity index (χ2v) is 9.25. The van der Waals surface area contributed by atoms with Crippen molar-refractivity contribution in [3.05, 3.63) is 83.2 Å². The van der Waals surface area contributed by atoms with Crippen LogP contribution in [0.5, 0.6) is 34.5 Å². The van der Waals surface area contributed by atoms with Gasteiger partial charge in [0.1, 0.15) is 29.7 Å². The topological polar surface area (TPSA) is 122 Å². The van der Waals surface area contributed by atoms with Gasteiger partial charge in [0.2, 0.25) is 12.0 Å². The van der Waals surface area contributed by atoms with Crippen molar-refractivity contribution in [2.75, 3.05) is 19.8 Å². The van der Waals surface area contributed by atoms with Gasteiger partial charge in [0.25, 0.3) is 0 Å². The maximum Gasteiger partial charge on any atom is 0.356 e. The molecule has 0 saturated heterocycles. The molecule has 0 amide bonds. The number of nitrogens with zero attached hydrogens (tertiary/aromatic N) is 1. The zero-order valence-corrected chi connectivity index (χ0v) is 22.3.